The summed E-state index contributed by atoms with van der Waals surface area (Å²) in [5.41, 5.74) is 0. The third kappa shape index (κ3) is 7.46. The van der Waals surface area contributed by atoms with E-state index in [1.54, 1.807) is 11.3 Å². The first kappa shape index (κ1) is 15.2. The van der Waals surface area contributed by atoms with Crippen molar-refractivity contribution < 1.29 is 9.84 Å². The monoisotopic (exact) mass is 267 g/mol. The predicted molar refractivity (Wildman–Crippen MR) is 75.5 cm³/mol. The van der Waals surface area contributed by atoms with E-state index in [1.807, 2.05) is 17.5 Å². The number of aliphatic hydroxyl groups is 1. The van der Waals surface area contributed by atoms with Crippen LogP contribution in [0.15, 0.2) is 17.5 Å². The predicted octanol–water partition coefficient (Wildman–Crippen LogP) is 2.02. The van der Waals surface area contributed by atoms with Gasteiger partial charge < -0.3 is 15.2 Å². The highest BCUT2D eigenvalue weighted by Gasteiger charge is 2.03. The first-order valence-corrected chi connectivity index (χ1v) is 7.13. The molecule has 0 bridgehead atoms. The van der Waals surface area contributed by atoms with Gasteiger partial charge in [-0.2, -0.15) is 0 Å². The van der Waals surface area contributed by atoms with E-state index in [1.165, 1.54) is 4.88 Å². The number of thiophene rings is 1. The van der Waals surface area contributed by atoms with Gasteiger partial charge in [-0.15, -0.1) is 23.7 Å². The Hall–Kier alpha value is -0.860. The van der Waals surface area contributed by atoms with Crippen molar-refractivity contribution in [2.75, 3.05) is 19.7 Å². The normalized spacial score (nSPS) is 12.2. The Bertz CT molecular complexity index is 332. The average Bonchev–Trinajstić information content (AvgIpc) is 2.87. The lowest BCUT2D eigenvalue weighted by atomic mass is 10.2. The fourth-order valence-electron chi connectivity index (χ4n) is 1.49. The summed E-state index contributed by atoms with van der Waals surface area (Å²) in [6, 6.07) is 4.03. The van der Waals surface area contributed by atoms with Crippen molar-refractivity contribution in [3.8, 4) is 12.3 Å². The van der Waals surface area contributed by atoms with Crippen molar-refractivity contribution in [3.63, 3.8) is 0 Å². The molecule has 1 rings (SSSR count). The summed E-state index contributed by atoms with van der Waals surface area (Å²) in [6.07, 6.45) is 7.63. The number of hydrogen-bond donors (Lipinski definition) is 2. The average molecular weight is 267 g/mol. The topological polar surface area (TPSA) is 41.5 Å². The van der Waals surface area contributed by atoms with Crippen LogP contribution < -0.4 is 5.32 Å². The van der Waals surface area contributed by atoms with Gasteiger partial charge in [-0.25, -0.2) is 0 Å². The summed E-state index contributed by atoms with van der Waals surface area (Å²) in [6.45, 7) is 2.41. The molecule has 0 radical (unpaired) electrons. The number of hydrogen-bond acceptors (Lipinski definition) is 4. The maximum Gasteiger partial charge on any atom is 0.0897 e. The van der Waals surface area contributed by atoms with E-state index >= 15 is 0 Å². The number of ether oxygens (including phenoxy) is 1. The highest BCUT2D eigenvalue weighted by Crippen LogP contribution is 2.09. The Morgan fingerprint density at radius 1 is 1.50 bits per heavy atom. The third-order valence-electron chi connectivity index (χ3n) is 2.44. The van der Waals surface area contributed by atoms with Gasteiger partial charge in [0.05, 0.1) is 19.3 Å². The molecule has 0 spiro atoms. The molecule has 0 fully saturated rings. The second-order valence-corrected chi connectivity index (χ2v) is 5.15. The summed E-state index contributed by atoms with van der Waals surface area (Å²) in [5, 5.41) is 14.9. The zero-order chi connectivity index (χ0) is 13.1. The smallest absolute Gasteiger partial charge is 0.0897 e. The van der Waals surface area contributed by atoms with Gasteiger partial charge in [-0.1, -0.05) is 6.07 Å². The van der Waals surface area contributed by atoms with E-state index in [-0.39, 0.29) is 0 Å². The summed E-state index contributed by atoms with van der Waals surface area (Å²) in [7, 11) is 0. The van der Waals surface area contributed by atoms with Crippen LogP contribution in [0.1, 0.15) is 24.1 Å². The lowest BCUT2D eigenvalue weighted by Gasteiger charge is -2.11. The lowest BCUT2D eigenvalue weighted by Crippen LogP contribution is -2.30. The Kier molecular flexibility index (Phi) is 8.53. The molecule has 1 unspecified atom stereocenters. The second-order valence-electron chi connectivity index (χ2n) is 4.11. The van der Waals surface area contributed by atoms with E-state index < -0.39 is 6.10 Å². The van der Waals surface area contributed by atoms with Gasteiger partial charge in [0.15, 0.2) is 0 Å². The van der Waals surface area contributed by atoms with Gasteiger partial charge in [0.1, 0.15) is 0 Å². The van der Waals surface area contributed by atoms with Gasteiger partial charge in [-0.3, -0.25) is 0 Å². The molecule has 1 aromatic heterocycles. The third-order valence-corrected chi connectivity index (χ3v) is 3.29. The zero-order valence-electron chi connectivity index (χ0n) is 10.6. The maximum absolute atomic E-state index is 9.66. The van der Waals surface area contributed by atoms with E-state index in [0.717, 1.165) is 25.8 Å². The minimum absolute atomic E-state index is 0.370. The number of unbranched alkanes of at least 4 members (excludes halogenated alkanes) is 2. The minimum Gasteiger partial charge on any atom is -0.389 e. The fourth-order valence-corrected chi connectivity index (χ4v) is 2.14. The van der Waals surface area contributed by atoms with Crippen LogP contribution in [0.3, 0.4) is 0 Å². The molecule has 0 aliphatic carbocycles. The number of aliphatic hydroxyl groups excluding tert-OH is 1. The van der Waals surface area contributed by atoms with Crippen LogP contribution in [0.4, 0.5) is 0 Å². The van der Waals surface area contributed by atoms with Gasteiger partial charge in [-0.05, 0) is 30.8 Å². The molecule has 0 aromatic carbocycles. The second kappa shape index (κ2) is 10.1. The number of terminal acetylenes is 1. The Morgan fingerprint density at radius 2 is 2.39 bits per heavy atom. The largest absolute Gasteiger partial charge is 0.389 e. The van der Waals surface area contributed by atoms with Crippen molar-refractivity contribution in [1.29, 1.82) is 0 Å². The molecule has 3 nitrogen and oxygen atoms in total. The molecule has 1 aromatic rings. The summed E-state index contributed by atoms with van der Waals surface area (Å²) < 4.78 is 5.43. The van der Waals surface area contributed by atoms with Crippen LogP contribution in [0.25, 0.3) is 0 Å². The molecule has 4 heteroatoms. The highest BCUT2D eigenvalue weighted by atomic mass is 32.1. The van der Waals surface area contributed by atoms with Crippen molar-refractivity contribution >= 4 is 11.3 Å². The Labute approximate surface area is 113 Å². The van der Waals surface area contributed by atoms with Crippen LogP contribution >= 0.6 is 11.3 Å². The van der Waals surface area contributed by atoms with Crippen LogP contribution in [0.2, 0.25) is 0 Å². The Balaban J connectivity index is 1.91. The van der Waals surface area contributed by atoms with Crippen molar-refractivity contribution in [2.45, 2.75) is 32.0 Å². The first-order chi connectivity index (χ1) is 8.83. The summed E-state index contributed by atoms with van der Waals surface area (Å²) >= 11 is 1.67. The highest BCUT2D eigenvalue weighted by molar-refractivity contribution is 7.09. The molecule has 0 saturated heterocycles. The SMILES string of the molecule is C#CCCCCNCC(O)COCc1cccs1. The van der Waals surface area contributed by atoms with Crippen molar-refractivity contribution in [3.05, 3.63) is 22.4 Å². The molecule has 2 N–H and O–H groups in total. The van der Waals surface area contributed by atoms with E-state index in [4.69, 9.17) is 11.2 Å². The molecular weight excluding hydrogens is 246 g/mol. The molecule has 100 valence electrons. The van der Waals surface area contributed by atoms with Crippen LogP contribution in [0.5, 0.6) is 0 Å². The molecule has 0 saturated carbocycles. The minimum atomic E-state index is -0.447. The molecule has 0 aliphatic rings. The quantitative estimate of drug-likeness (QED) is 0.503. The van der Waals surface area contributed by atoms with E-state index in [2.05, 4.69) is 11.2 Å². The molecule has 1 atom stereocenters. The van der Waals surface area contributed by atoms with Crippen LogP contribution in [-0.2, 0) is 11.3 Å². The summed E-state index contributed by atoms with van der Waals surface area (Å²) in [5.74, 6) is 2.61. The molecule has 18 heavy (non-hydrogen) atoms. The van der Waals surface area contributed by atoms with Gasteiger partial charge in [0.25, 0.3) is 0 Å². The van der Waals surface area contributed by atoms with E-state index in [0.29, 0.717) is 19.8 Å². The van der Waals surface area contributed by atoms with Crippen molar-refractivity contribution in [2.24, 2.45) is 0 Å². The molecule has 0 amide bonds. The number of rotatable bonds is 10. The number of nitrogens with one attached hydrogen (secondary N) is 1. The van der Waals surface area contributed by atoms with Gasteiger partial charge in [0, 0.05) is 17.8 Å². The van der Waals surface area contributed by atoms with Gasteiger partial charge >= 0.3 is 0 Å². The van der Waals surface area contributed by atoms with Crippen LogP contribution in [-0.4, -0.2) is 30.9 Å². The molecule has 1 heterocycles. The zero-order valence-corrected chi connectivity index (χ0v) is 11.4. The first-order valence-electron chi connectivity index (χ1n) is 6.25. The lowest BCUT2D eigenvalue weighted by molar-refractivity contribution is 0.0299. The Morgan fingerprint density at radius 3 is 3.11 bits per heavy atom. The van der Waals surface area contributed by atoms with Crippen molar-refractivity contribution in [1.82, 2.24) is 5.32 Å². The fraction of sp³-hybridized carbons (Fsp3) is 0.571. The van der Waals surface area contributed by atoms with E-state index in [9.17, 15) is 5.11 Å². The van der Waals surface area contributed by atoms with Gasteiger partial charge in [0.2, 0.25) is 0 Å². The summed E-state index contributed by atoms with van der Waals surface area (Å²) in [4.78, 5) is 1.18. The maximum atomic E-state index is 9.66. The van der Waals surface area contributed by atoms with Crippen LogP contribution in [0, 0.1) is 12.3 Å². The molecule has 0 aliphatic heterocycles. The standard InChI is InChI=1S/C14H21NO2S/c1-2-3-4-5-8-15-10-13(16)11-17-12-14-7-6-9-18-14/h1,6-7,9,13,15-16H,3-5,8,10-12H2. The molecular formula is C14H21NO2S.